The average molecular weight is 338 g/mol. The summed E-state index contributed by atoms with van der Waals surface area (Å²) in [5, 5.41) is 23.6. The molecular formula is C17H18N6O2. The SMILES string of the molecule is N=C1C(=Nc2ccc(OC(N)N)cc2)C(CO)=NN1c1ccccc1. The zero-order valence-electron chi connectivity index (χ0n) is 13.3. The molecule has 0 spiro atoms. The van der Waals surface area contributed by atoms with E-state index in [1.54, 1.807) is 24.3 Å². The highest BCUT2D eigenvalue weighted by molar-refractivity contribution is 6.72. The molecule has 1 heterocycles. The van der Waals surface area contributed by atoms with Crippen molar-refractivity contribution in [1.29, 1.82) is 5.41 Å². The third-order valence-electron chi connectivity index (χ3n) is 3.43. The van der Waals surface area contributed by atoms with Crippen LogP contribution < -0.4 is 21.2 Å². The molecule has 0 saturated carbocycles. The number of ether oxygens (including phenoxy) is 1. The zero-order valence-corrected chi connectivity index (χ0v) is 13.3. The summed E-state index contributed by atoms with van der Waals surface area (Å²) < 4.78 is 5.17. The van der Waals surface area contributed by atoms with Gasteiger partial charge in [0.1, 0.15) is 17.2 Å². The van der Waals surface area contributed by atoms with Crippen LogP contribution in [0.5, 0.6) is 5.75 Å². The lowest BCUT2D eigenvalue weighted by molar-refractivity contribution is 0.217. The third-order valence-corrected chi connectivity index (χ3v) is 3.43. The molecule has 1 aliphatic heterocycles. The van der Waals surface area contributed by atoms with E-state index in [1.165, 1.54) is 5.01 Å². The first kappa shape index (κ1) is 16.8. The summed E-state index contributed by atoms with van der Waals surface area (Å²) in [7, 11) is 0. The second-order valence-electron chi connectivity index (χ2n) is 5.24. The molecule has 2 aromatic carbocycles. The van der Waals surface area contributed by atoms with Crippen molar-refractivity contribution in [2.45, 2.75) is 6.35 Å². The first-order valence-electron chi connectivity index (χ1n) is 7.58. The highest BCUT2D eigenvalue weighted by Gasteiger charge is 2.29. The summed E-state index contributed by atoms with van der Waals surface area (Å²) in [5.74, 6) is 0.613. The van der Waals surface area contributed by atoms with E-state index >= 15 is 0 Å². The second-order valence-corrected chi connectivity index (χ2v) is 5.24. The Bertz CT molecular complexity index is 815. The molecule has 8 nitrogen and oxygen atoms in total. The highest BCUT2D eigenvalue weighted by Crippen LogP contribution is 2.23. The predicted octanol–water partition coefficient (Wildman–Crippen LogP) is 1.18. The smallest absolute Gasteiger partial charge is 0.201 e. The number of aliphatic imine (C=N–C) groups is 1. The molecular weight excluding hydrogens is 320 g/mol. The van der Waals surface area contributed by atoms with Crippen LogP contribution in [-0.4, -0.2) is 35.3 Å². The quantitative estimate of drug-likeness (QED) is 0.608. The van der Waals surface area contributed by atoms with Gasteiger partial charge in [0.2, 0.25) is 6.35 Å². The molecule has 0 aliphatic carbocycles. The Morgan fingerprint density at radius 3 is 2.40 bits per heavy atom. The van der Waals surface area contributed by atoms with Crippen molar-refractivity contribution in [2.24, 2.45) is 21.6 Å². The monoisotopic (exact) mass is 338 g/mol. The van der Waals surface area contributed by atoms with Crippen molar-refractivity contribution in [3.8, 4) is 5.75 Å². The lowest BCUT2D eigenvalue weighted by atomic mass is 10.2. The largest absolute Gasteiger partial charge is 0.463 e. The van der Waals surface area contributed by atoms with Crippen LogP contribution in [0.15, 0.2) is 64.7 Å². The van der Waals surface area contributed by atoms with Crippen LogP contribution in [0.3, 0.4) is 0 Å². The number of para-hydroxylation sites is 1. The van der Waals surface area contributed by atoms with Gasteiger partial charge in [0.15, 0.2) is 5.84 Å². The van der Waals surface area contributed by atoms with Crippen molar-refractivity contribution >= 4 is 28.6 Å². The summed E-state index contributed by atoms with van der Waals surface area (Å²) in [5.41, 5.74) is 12.7. The molecule has 0 amide bonds. The molecule has 0 unspecified atom stereocenters. The fraction of sp³-hybridized carbons (Fsp3) is 0.118. The van der Waals surface area contributed by atoms with Gasteiger partial charge in [0, 0.05) is 0 Å². The van der Waals surface area contributed by atoms with Crippen molar-refractivity contribution in [3.63, 3.8) is 0 Å². The number of nitrogens with two attached hydrogens (primary N) is 2. The van der Waals surface area contributed by atoms with E-state index in [9.17, 15) is 5.11 Å². The Morgan fingerprint density at radius 1 is 1.12 bits per heavy atom. The molecule has 0 saturated heterocycles. The van der Waals surface area contributed by atoms with Gasteiger partial charge in [-0.1, -0.05) is 18.2 Å². The molecule has 0 bridgehead atoms. The van der Waals surface area contributed by atoms with Gasteiger partial charge in [0.25, 0.3) is 0 Å². The number of aliphatic hydroxyl groups is 1. The van der Waals surface area contributed by atoms with E-state index < -0.39 is 6.35 Å². The van der Waals surface area contributed by atoms with Gasteiger partial charge < -0.3 is 9.84 Å². The van der Waals surface area contributed by atoms with Crippen LogP contribution in [0, 0.1) is 5.41 Å². The molecule has 128 valence electrons. The van der Waals surface area contributed by atoms with Gasteiger partial charge in [-0.3, -0.25) is 16.9 Å². The van der Waals surface area contributed by atoms with E-state index in [2.05, 4.69) is 10.1 Å². The zero-order chi connectivity index (χ0) is 17.8. The number of aliphatic hydroxyl groups excluding tert-OH is 1. The van der Waals surface area contributed by atoms with Gasteiger partial charge in [-0.2, -0.15) is 5.10 Å². The van der Waals surface area contributed by atoms with E-state index in [1.807, 2.05) is 30.3 Å². The lowest BCUT2D eigenvalue weighted by Gasteiger charge is -2.13. The highest BCUT2D eigenvalue weighted by atomic mass is 16.5. The number of nitrogens with zero attached hydrogens (tertiary/aromatic N) is 3. The number of benzene rings is 2. The minimum Gasteiger partial charge on any atom is -0.463 e. The van der Waals surface area contributed by atoms with Gasteiger partial charge >= 0.3 is 0 Å². The fourth-order valence-electron chi connectivity index (χ4n) is 2.32. The molecule has 0 fully saturated rings. The van der Waals surface area contributed by atoms with Crippen molar-refractivity contribution in [3.05, 3.63) is 54.6 Å². The van der Waals surface area contributed by atoms with Crippen LogP contribution in [-0.2, 0) is 0 Å². The number of hydrogen-bond donors (Lipinski definition) is 4. The number of hydrazone groups is 1. The molecule has 6 N–H and O–H groups in total. The maximum Gasteiger partial charge on any atom is 0.201 e. The lowest BCUT2D eigenvalue weighted by Crippen LogP contribution is -2.36. The Morgan fingerprint density at radius 2 is 1.80 bits per heavy atom. The summed E-state index contributed by atoms with van der Waals surface area (Å²) >= 11 is 0. The molecule has 3 rings (SSSR count). The van der Waals surface area contributed by atoms with E-state index in [0.29, 0.717) is 22.9 Å². The van der Waals surface area contributed by atoms with Crippen molar-refractivity contribution in [2.75, 3.05) is 11.6 Å². The molecule has 25 heavy (non-hydrogen) atoms. The molecule has 0 aromatic heterocycles. The Labute approximate surface area is 144 Å². The Kier molecular flexibility index (Phi) is 4.85. The minimum atomic E-state index is -0.896. The predicted molar refractivity (Wildman–Crippen MR) is 97.5 cm³/mol. The first-order chi connectivity index (χ1) is 12.1. The summed E-state index contributed by atoms with van der Waals surface area (Å²) in [6, 6.07) is 16.0. The van der Waals surface area contributed by atoms with Gasteiger partial charge in [-0.25, -0.2) is 10.0 Å². The summed E-state index contributed by atoms with van der Waals surface area (Å²) in [6.45, 7) is -0.312. The molecule has 2 aromatic rings. The summed E-state index contributed by atoms with van der Waals surface area (Å²) in [6.07, 6.45) is -0.896. The topological polar surface area (TPSA) is 133 Å². The number of hydrogen-bond acceptors (Lipinski definition) is 7. The third kappa shape index (κ3) is 3.72. The Hall–Kier alpha value is -3.07. The molecule has 1 aliphatic rings. The minimum absolute atomic E-state index is 0.0968. The molecule has 0 atom stereocenters. The molecule has 0 radical (unpaired) electrons. The first-order valence-corrected chi connectivity index (χ1v) is 7.58. The number of anilines is 1. The van der Waals surface area contributed by atoms with Crippen molar-refractivity contribution in [1.82, 2.24) is 0 Å². The van der Waals surface area contributed by atoms with Crippen LogP contribution in [0.4, 0.5) is 11.4 Å². The summed E-state index contributed by atoms with van der Waals surface area (Å²) in [4.78, 5) is 4.43. The van der Waals surface area contributed by atoms with Crippen LogP contribution in [0.2, 0.25) is 0 Å². The number of nitrogens with one attached hydrogen (secondary N) is 1. The number of amidine groups is 1. The maximum absolute atomic E-state index is 9.56. The van der Waals surface area contributed by atoms with Gasteiger partial charge in [-0.05, 0) is 36.4 Å². The van der Waals surface area contributed by atoms with Gasteiger partial charge in [-0.15, -0.1) is 0 Å². The molecule has 8 heteroatoms. The average Bonchev–Trinajstić information content (AvgIpc) is 2.93. The van der Waals surface area contributed by atoms with Crippen LogP contribution >= 0.6 is 0 Å². The fourth-order valence-corrected chi connectivity index (χ4v) is 2.32. The maximum atomic E-state index is 9.56. The number of rotatable bonds is 5. The Balaban J connectivity index is 1.87. The van der Waals surface area contributed by atoms with E-state index in [-0.39, 0.29) is 12.4 Å². The normalized spacial score (nSPS) is 15.8. The van der Waals surface area contributed by atoms with E-state index in [0.717, 1.165) is 5.69 Å². The van der Waals surface area contributed by atoms with Crippen LogP contribution in [0.25, 0.3) is 0 Å². The second kappa shape index (κ2) is 7.22. The standard InChI is InChI=1S/C17H18N6O2/c18-16-15(21-11-6-8-13(9-7-11)25-17(19)20)14(10-24)22-23(16)12-4-2-1-3-5-12/h1-9,17-18,24H,10,19-20H2. The van der Waals surface area contributed by atoms with Crippen molar-refractivity contribution < 1.29 is 9.84 Å². The van der Waals surface area contributed by atoms with Gasteiger partial charge in [0.05, 0.1) is 18.0 Å². The van der Waals surface area contributed by atoms with E-state index in [4.69, 9.17) is 21.6 Å². The van der Waals surface area contributed by atoms with Crippen LogP contribution in [0.1, 0.15) is 0 Å².